The molecule has 1 saturated heterocycles. The summed E-state index contributed by atoms with van der Waals surface area (Å²) in [5.74, 6) is -0.616. The minimum Gasteiger partial charge on any atom is -0.466 e. The van der Waals surface area contributed by atoms with E-state index >= 15 is 0 Å². The van der Waals surface area contributed by atoms with Gasteiger partial charge in [-0.05, 0) is 38.8 Å². The van der Waals surface area contributed by atoms with Crippen LogP contribution in [0, 0.1) is 12.8 Å². The first-order chi connectivity index (χ1) is 11.5. The predicted octanol–water partition coefficient (Wildman–Crippen LogP) is 2.71. The molecule has 1 amide bonds. The van der Waals surface area contributed by atoms with E-state index in [0.717, 1.165) is 12.8 Å². The lowest BCUT2D eigenvalue weighted by Crippen LogP contribution is -2.43. The standard InChI is InChI=1S/C17H20ClN3O3/c1-3-24-17(23)12-5-4-8-20(9-12)16(22)15-11(2)19-14-7-6-13(18)10-21(14)15/h6-7,10,12H,3-5,8-9H2,1-2H3. The van der Waals surface area contributed by atoms with Crippen LogP contribution in [0.3, 0.4) is 0 Å². The van der Waals surface area contributed by atoms with Crippen molar-refractivity contribution >= 4 is 29.1 Å². The van der Waals surface area contributed by atoms with Crippen molar-refractivity contribution in [3.8, 4) is 0 Å². The van der Waals surface area contributed by atoms with E-state index < -0.39 is 0 Å². The van der Waals surface area contributed by atoms with Gasteiger partial charge < -0.3 is 9.64 Å². The Labute approximate surface area is 145 Å². The van der Waals surface area contributed by atoms with Gasteiger partial charge in [-0.1, -0.05) is 11.6 Å². The molecule has 3 rings (SSSR count). The van der Waals surface area contributed by atoms with Crippen LogP contribution in [0.5, 0.6) is 0 Å². The summed E-state index contributed by atoms with van der Waals surface area (Å²) in [5, 5.41) is 0.539. The molecule has 24 heavy (non-hydrogen) atoms. The molecule has 2 aromatic rings. The van der Waals surface area contributed by atoms with Crippen LogP contribution in [0.15, 0.2) is 18.3 Å². The molecule has 1 aliphatic heterocycles. The van der Waals surface area contributed by atoms with E-state index in [-0.39, 0.29) is 17.8 Å². The summed E-state index contributed by atoms with van der Waals surface area (Å²) in [5.41, 5.74) is 1.83. The monoisotopic (exact) mass is 349 g/mol. The number of piperidine rings is 1. The minimum atomic E-state index is -0.259. The van der Waals surface area contributed by atoms with Gasteiger partial charge in [0.2, 0.25) is 0 Å². The molecule has 128 valence electrons. The number of ether oxygens (including phenoxy) is 1. The van der Waals surface area contributed by atoms with Crippen LogP contribution in [-0.2, 0) is 9.53 Å². The second-order valence-electron chi connectivity index (χ2n) is 5.96. The fourth-order valence-electron chi connectivity index (χ4n) is 3.16. The van der Waals surface area contributed by atoms with Crippen molar-refractivity contribution in [2.45, 2.75) is 26.7 Å². The Kier molecular flexibility index (Phi) is 4.76. The maximum Gasteiger partial charge on any atom is 0.310 e. The Hall–Kier alpha value is -2.08. The number of imidazole rings is 1. The number of carbonyl (C=O) groups excluding carboxylic acids is 2. The van der Waals surface area contributed by atoms with Gasteiger partial charge in [-0.3, -0.25) is 14.0 Å². The third-order valence-corrected chi connectivity index (χ3v) is 4.51. The van der Waals surface area contributed by atoms with Crippen LogP contribution in [0.25, 0.3) is 5.65 Å². The van der Waals surface area contributed by atoms with Gasteiger partial charge in [-0.15, -0.1) is 0 Å². The molecule has 7 heteroatoms. The van der Waals surface area contributed by atoms with Crippen LogP contribution >= 0.6 is 11.6 Å². The quantitative estimate of drug-likeness (QED) is 0.799. The average molecular weight is 350 g/mol. The lowest BCUT2D eigenvalue weighted by molar-refractivity contribution is -0.149. The largest absolute Gasteiger partial charge is 0.466 e. The zero-order valence-corrected chi connectivity index (χ0v) is 14.5. The van der Waals surface area contributed by atoms with Gasteiger partial charge in [0.15, 0.2) is 0 Å². The number of hydrogen-bond acceptors (Lipinski definition) is 4. The van der Waals surface area contributed by atoms with Crippen LogP contribution in [0.4, 0.5) is 0 Å². The maximum atomic E-state index is 13.0. The highest BCUT2D eigenvalue weighted by Gasteiger charge is 2.31. The fourth-order valence-corrected chi connectivity index (χ4v) is 3.32. The van der Waals surface area contributed by atoms with Crippen molar-refractivity contribution in [3.63, 3.8) is 0 Å². The number of nitrogens with zero attached hydrogens (tertiary/aromatic N) is 3. The number of hydrogen-bond donors (Lipinski definition) is 0. The third kappa shape index (κ3) is 3.11. The van der Waals surface area contributed by atoms with Crippen molar-refractivity contribution in [2.24, 2.45) is 5.92 Å². The van der Waals surface area contributed by atoms with Gasteiger partial charge in [0, 0.05) is 19.3 Å². The molecular formula is C17H20ClN3O3. The second kappa shape index (κ2) is 6.81. The van der Waals surface area contributed by atoms with Gasteiger partial charge in [0.25, 0.3) is 5.91 Å². The van der Waals surface area contributed by atoms with Crippen LogP contribution in [0.1, 0.15) is 35.9 Å². The molecule has 1 unspecified atom stereocenters. The molecule has 0 radical (unpaired) electrons. The number of aryl methyl sites for hydroxylation is 1. The fraction of sp³-hybridized carbons (Fsp3) is 0.471. The van der Waals surface area contributed by atoms with Crippen LogP contribution in [-0.4, -0.2) is 45.9 Å². The highest BCUT2D eigenvalue weighted by Crippen LogP contribution is 2.22. The molecule has 0 aromatic carbocycles. The highest BCUT2D eigenvalue weighted by molar-refractivity contribution is 6.30. The molecule has 0 N–H and O–H groups in total. The molecule has 1 fully saturated rings. The summed E-state index contributed by atoms with van der Waals surface area (Å²) in [7, 11) is 0. The second-order valence-corrected chi connectivity index (χ2v) is 6.40. The van der Waals surface area contributed by atoms with E-state index in [9.17, 15) is 9.59 Å². The molecular weight excluding hydrogens is 330 g/mol. The Balaban J connectivity index is 1.87. The number of pyridine rings is 1. The highest BCUT2D eigenvalue weighted by atomic mass is 35.5. The molecule has 1 atom stereocenters. The Morgan fingerprint density at radius 3 is 2.96 bits per heavy atom. The van der Waals surface area contributed by atoms with Gasteiger partial charge in [-0.2, -0.15) is 0 Å². The summed E-state index contributed by atoms with van der Waals surface area (Å²) in [6.45, 7) is 4.96. The van der Waals surface area contributed by atoms with E-state index in [2.05, 4.69) is 4.98 Å². The first-order valence-electron chi connectivity index (χ1n) is 8.11. The molecule has 6 nitrogen and oxygen atoms in total. The van der Waals surface area contributed by atoms with Gasteiger partial charge in [0.05, 0.1) is 23.2 Å². The molecule has 1 aliphatic rings. The number of rotatable bonds is 3. The first-order valence-corrected chi connectivity index (χ1v) is 8.49. The number of esters is 1. The topological polar surface area (TPSA) is 63.9 Å². The third-order valence-electron chi connectivity index (χ3n) is 4.29. The predicted molar refractivity (Wildman–Crippen MR) is 90.2 cm³/mol. The van der Waals surface area contributed by atoms with Crippen molar-refractivity contribution in [1.29, 1.82) is 0 Å². The summed E-state index contributed by atoms with van der Waals surface area (Å²) in [6.07, 6.45) is 3.23. The molecule has 0 aliphatic carbocycles. The van der Waals surface area contributed by atoms with Gasteiger partial charge in [0.1, 0.15) is 11.3 Å². The van der Waals surface area contributed by atoms with Crippen LogP contribution in [0.2, 0.25) is 5.02 Å². The molecule has 3 heterocycles. The van der Waals surface area contributed by atoms with Gasteiger partial charge >= 0.3 is 5.97 Å². The number of halogens is 1. The summed E-state index contributed by atoms with van der Waals surface area (Å²) < 4.78 is 6.81. The number of amides is 1. The minimum absolute atomic E-state index is 0.128. The smallest absolute Gasteiger partial charge is 0.310 e. The Morgan fingerprint density at radius 1 is 1.42 bits per heavy atom. The lowest BCUT2D eigenvalue weighted by Gasteiger charge is -2.31. The first kappa shape index (κ1) is 16.8. The van der Waals surface area contributed by atoms with Gasteiger partial charge in [-0.25, -0.2) is 4.98 Å². The average Bonchev–Trinajstić information content (AvgIpc) is 2.89. The maximum absolute atomic E-state index is 13.0. The SMILES string of the molecule is CCOC(=O)C1CCCN(C(=O)c2c(C)nc3ccc(Cl)cn23)C1. The molecule has 2 aromatic heterocycles. The van der Waals surface area contributed by atoms with Crippen molar-refractivity contribution in [1.82, 2.24) is 14.3 Å². The van der Waals surface area contributed by atoms with E-state index in [1.807, 2.05) is 0 Å². The van der Waals surface area contributed by atoms with E-state index in [1.165, 1.54) is 0 Å². The number of likely N-dealkylation sites (tertiary alicyclic amines) is 1. The Morgan fingerprint density at radius 2 is 2.21 bits per heavy atom. The van der Waals surface area contributed by atoms with E-state index in [4.69, 9.17) is 16.3 Å². The number of aromatic nitrogens is 2. The van der Waals surface area contributed by atoms with E-state index in [1.54, 1.807) is 41.5 Å². The molecule has 0 spiro atoms. The zero-order valence-electron chi connectivity index (χ0n) is 13.8. The molecule has 0 bridgehead atoms. The lowest BCUT2D eigenvalue weighted by atomic mass is 9.98. The summed E-state index contributed by atoms with van der Waals surface area (Å²) >= 11 is 6.06. The summed E-state index contributed by atoms with van der Waals surface area (Å²) in [4.78, 5) is 31.1. The van der Waals surface area contributed by atoms with Crippen LogP contribution < -0.4 is 0 Å². The molecule has 0 saturated carbocycles. The Bertz CT molecular complexity index is 787. The number of fused-ring (bicyclic) bond motifs is 1. The van der Waals surface area contributed by atoms with Crippen molar-refractivity contribution < 1.29 is 14.3 Å². The van der Waals surface area contributed by atoms with E-state index in [0.29, 0.717) is 41.8 Å². The normalized spacial score (nSPS) is 18.0. The zero-order chi connectivity index (χ0) is 17.3. The number of carbonyl (C=O) groups is 2. The van der Waals surface area contributed by atoms with Crippen molar-refractivity contribution in [3.05, 3.63) is 34.7 Å². The van der Waals surface area contributed by atoms with Crippen molar-refractivity contribution in [2.75, 3.05) is 19.7 Å². The summed E-state index contributed by atoms with van der Waals surface area (Å²) in [6, 6.07) is 3.53.